The summed E-state index contributed by atoms with van der Waals surface area (Å²) in [7, 11) is 0. The number of rotatable bonds is 1. The highest BCUT2D eigenvalue weighted by atomic mass is 79.9. The van der Waals surface area contributed by atoms with Gasteiger partial charge in [0.05, 0.1) is 11.1 Å². The highest BCUT2D eigenvalue weighted by Gasteiger charge is 2.34. The van der Waals surface area contributed by atoms with Crippen molar-refractivity contribution in [2.75, 3.05) is 6.26 Å². The smallest absolute Gasteiger partial charge is 0.276 e. The number of nitrogens with zero attached hydrogens (tertiary/aromatic N) is 4. The van der Waals surface area contributed by atoms with Gasteiger partial charge in [0.25, 0.3) is 5.91 Å². The SMILES string of the molecule is CSC1=NN2C(=c3cc(Br)ccc3=NC2c2ccccn2)C(=O)N1. The number of fused-ring (bicyclic) bond motifs is 2. The topological polar surface area (TPSA) is 70.0 Å². The number of amidine groups is 1. The summed E-state index contributed by atoms with van der Waals surface area (Å²) in [5, 5.41) is 11.1. The molecule has 2 aliphatic heterocycles. The predicted molar refractivity (Wildman–Crippen MR) is 96.2 cm³/mol. The average molecular weight is 402 g/mol. The summed E-state index contributed by atoms with van der Waals surface area (Å²) in [5.74, 6) is -0.190. The Morgan fingerprint density at radius 2 is 2.17 bits per heavy atom. The molecule has 1 unspecified atom stereocenters. The van der Waals surface area contributed by atoms with Crippen molar-refractivity contribution in [2.24, 2.45) is 10.1 Å². The van der Waals surface area contributed by atoms with E-state index in [1.54, 1.807) is 11.2 Å². The quantitative estimate of drug-likeness (QED) is 0.782. The van der Waals surface area contributed by atoms with Gasteiger partial charge in [-0.05, 0) is 36.6 Å². The minimum absolute atomic E-state index is 0.190. The third-order valence-electron chi connectivity index (χ3n) is 3.72. The molecular formula is C16H12BrN5OS. The van der Waals surface area contributed by atoms with Crippen molar-refractivity contribution in [2.45, 2.75) is 6.17 Å². The summed E-state index contributed by atoms with van der Waals surface area (Å²) >= 11 is 4.83. The molecule has 8 heteroatoms. The molecule has 0 saturated carbocycles. The van der Waals surface area contributed by atoms with E-state index in [-0.39, 0.29) is 5.91 Å². The van der Waals surface area contributed by atoms with E-state index in [1.807, 2.05) is 42.7 Å². The standard InChI is InChI=1S/C16H12BrN5OS/c1-24-16-20-15(23)13-10-8-9(17)5-6-11(10)19-14(22(13)21-16)12-4-2-3-7-18-12/h2-8,14H,1H3,(H,20,21,23). The molecule has 4 rings (SSSR count). The summed E-state index contributed by atoms with van der Waals surface area (Å²) in [6.45, 7) is 0. The Bertz CT molecular complexity index is 976. The van der Waals surface area contributed by atoms with Crippen molar-refractivity contribution in [1.29, 1.82) is 0 Å². The van der Waals surface area contributed by atoms with E-state index in [2.05, 4.69) is 31.3 Å². The molecular weight excluding hydrogens is 390 g/mol. The van der Waals surface area contributed by atoms with Crippen LogP contribution < -0.4 is 15.9 Å². The fraction of sp³-hybridized carbons (Fsp3) is 0.125. The molecule has 0 saturated heterocycles. The lowest BCUT2D eigenvalue weighted by molar-refractivity contribution is -0.116. The Kier molecular flexibility index (Phi) is 3.85. The number of benzene rings is 1. The lowest BCUT2D eigenvalue weighted by Crippen LogP contribution is -2.50. The molecule has 0 aliphatic carbocycles. The number of hydrazone groups is 1. The van der Waals surface area contributed by atoms with Crippen molar-refractivity contribution < 1.29 is 4.79 Å². The van der Waals surface area contributed by atoms with Gasteiger partial charge in [-0.15, -0.1) is 5.10 Å². The van der Waals surface area contributed by atoms with Crippen LogP contribution in [0.15, 0.2) is 57.2 Å². The molecule has 1 amide bonds. The Labute approximate surface area is 150 Å². The monoisotopic (exact) mass is 401 g/mol. The molecule has 2 aromatic rings. The first-order valence-corrected chi connectivity index (χ1v) is 9.21. The number of hydrogen-bond donors (Lipinski definition) is 1. The van der Waals surface area contributed by atoms with E-state index < -0.39 is 6.17 Å². The Hall–Kier alpha value is -2.19. The van der Waals surface area contributed by atoms with E-state index in [0.29, 0.717) is 10.9 Å². The van der Waals surface area contributed by atoms with Crippen molar-refractivity contribution in [1.82, 2.24) is 15.3 Å². The highest BCUT2D eigenvalue weighted by Crippen LogP contribution is 2.29. The van der Waals surface area contributed by atoms with Crippen molar-refractivity contribution in [3.05, 3.63) is 63.3 Å². The summed E-state index contributed by atoms with van der Waals surface area (Å²) in [6, 6.07) is 11.3. The second-order valence-electron chi connectivity index (χ2n) is 5.18. The number of aromatic nitrogens is 1. The van der Waals surface area contributed by atoms with Gasteiger partial charge in [-0.2, -0.15) is 0 Å². The maximum absolute atomic E-state index is 12.7. The van der Waals surface area contributed by atoms with Crippen LogP contribution >= 0.6 is 27.7 Å². The first-order chi connectivity index (χ1) is 11.7. The minimum Gasteiger partial charge on any atom is -0.298 e. The van der Waals surface area contributed by atoms with E-state index >= 15 is 0 Å². The molecule has 3 heterocycles. The fourth-order valence-corrected chi connectivity index (χ4v) is 3.39. The Morgan fingerprint density at radius 1 is 1.29 bits per heavy atom. The second-order valence-corrected chi connectivity index (χ2v) is 6.89. The third kappa shape index (κ3) is 2.51. The van der Waals surface area contributed by atoms with E-state index in [9.17, 15) is 4.79 Å². The van der Waals surface area contributed by atoms with Gasteiger partial charge in [-0.25, -0.2) is 5.01 Å². The summed E-state index contributed by atoms with van der Waals surface area (Å²) < 4.78 is 0.882. The molecule has 1 N–H and O–H groups in total. The molecule has 1 atom stereocenters. The first kappa shape index (κ1) is 15.3. The van der Waals surface area contributed by atoms with Crippen LogP contribution in [0.3, 0.4) is 0 Å². The molecule has 24 heavy (non-hydrogen) atoms. The van der Waals surface area contributed by atoms with Crippen molar-refractivity contribution in [3.63, 3.8) is 0 Å². The normalized spacial score (nSPS) is 19.0. The van der Waals surface area contributed by atoms with Crippen LogP contribution in [0.1, 0.15) is 11.9 Å². The van der Waals surface area contributed by atoms with Gasteiger partial charge in [0.1, 0.15) is 5.70 Å². The van der Waals surface area contributed by atoms with Crippen LogP contribution in [0.5, 0.6) is 0 Å². The van der Waals surface area contributed by atoms with E-state index in [1.165, 1.54) is 11.8 Å². The minimum atomic E-state index is -0.469. The zero-order chi connectivity index (χ0) is 16.7. The van der Waals surface area contributed by atoms with Crippen LogP contribution in [0.2, 0.25) is 0 Å². The molecule has 0 radical (unpaired) electrons. The van der Waals surface area contributed by atoms with Gasteiger partial charge in [0, 0.05) is 15.9 Å². The average Bonchev–Trinajstić information content (AvgIpc) is 2.61. The molecule has 6 nitrogen and oxygen atoms in total. The third-order valence-corrected chi connectivity index (χ3v) is 4.78. The number of nitrogens with one attached hydrogen (secondary N) is 1. The first-order valence-electron chi connectivity index (χ1n) is 7.19. The lowest BCUT2D eigenvalue weighted by Gasteiger charge is -2.33. The fourth-order valence-electron chi connectivity index (χ4n) is 2.66. The molecule has 0 fully saturated rings. The number of pyridine rings is 1. The lowest BCUT2D eigenvalue weighted by atomic mass is 10.1. The second kappa shape index (κ2) is 6.03. The molecule has 1 aromatic carbocycles. The van der Waals surface area contributed by atoms with Crippen LogP contribution in [0, 0.1) is 0 Å². The number of hydrogen-bond acceptors (Lipinski definition) is 6. The van der Waals surface area contributed by atoms with Crippen molar-refractivity contribution in [3.8, 4) is 0 Å². The summed E-state index contributed by atoms with van der Waals surface area (Å²) in [5.41, 5.74) is 1.22. The maximum atomic E-state index is 12.7. The summed E-state index contributed by atoms with van der Waals surface area (Å²) in [6.07, 6.45) is 3.11. The van der Waals surface area contributed by atoms with Crippen LogP contribution in [0.4, 0.5) is 0 Å². The van der Waals surface area contributed by atoms with Gasteiger partial charge in [-0.1, -0.05) is 33.8 Å². The molecule has 0 spiro atoms. The van der Waals surface area contributed by atoms with Gasteiger partial charge in [0.15, 0.2) is 11.3 Å². The predicted octanol–water partition coefficient (Wildman–Crippen LogP) is 1.35. The summed E-state index contributed by atoms with van der Waals surface area (Å²) in [4.78, 5) is 21.9. The van der Waals surface area contributed by atoms with Crippen LogP contribution in [0.25, 0.3) is 5.70 Å². The van der Waals surface area contributed by atoms with E-state index in [4.69, 9.17) is 4.99 Å². The number of carbonyl (C=O) groups is 1. The highest BCUT2D eigenvalue weighted by molar-refractivity contribution is 9.10. The van der Waals surface area contributed by atoms with E-state index in [0.717, 1.165) is 20.7 Å². The number of halogens is 1. The number of thioether (sulfide) groups is 1. The molecule has 0 bridgehead atoms. The number of amides is 1. The van der Waals surface area contributed by atoms with Gasteiger partial charge >= 0.3 is 0 Å². The number of carbonyl (C=O) groups excluding carboxylic acids is 1. The molecule has 1 aromatic heterocycles. The van der Waals surface area contributed by atoms with Gasteiger partial charge < -0.3 is 0 Å². The van der Waals surface area contributed by atoms with Crippen molar-refractivity contribution >= 4 is 44.5 Å². The Balaban J connectivity index is 2.02. The van der Waals surface area contributed by atoms with Gasteiger partial charge in [0.2, 0.25) is 0 Å². The zero-order valence-electron chi connectivity index (χ0n) is 12.6. The Morgan fingerprint density at radius 3 is 2.92 bits per heavy atom. The zero-order valence-corrected chi connectivity index (χ0v) is 15.0. The van der Waals surface area contributed by atoms with Crippen LogP contribution in [-0.4, -0.2) is 27.3 Å². The van der Waals surface area contributed by atoms with Gasteiger partial charge in [-0.3, -0.25) is 20.1 Å². The molecule has 2 aliphatic rings. The molecule has 120 valence electrons. The maximum Gasteiger partial charge on any atom is 0.276 e. The largest absolute Gasteiger partial charge is 0.298 e. The van der Waals surface area contributed by atoms with Crippen LogP contribution in [-0.2, 0) is 4.79 Å².